The van der Waals surface area contributed by atoms with Crippen molar-refractivity contribution in [2.24, 2.45) is 11.7 Å². The van der Waals surface area contributed by atoms with Gasteiger partial charge in [-0.05, 0) is 55.0 Å². The predicted octanol–water partition coefficient (Wildman–Crippen LogP) is 4.83. The molecule has 166 valence electrons. The van der Waals surface area contributed by atoms with Gasteiger partial charge in [0.05, 0.1) is 12.7 Å². The number of methoxy groups -OCH3 is 1. The highest BCUT2D eigenvalue weighted by Gasteiger charge is 2.23. The Labute approximate surface area is 189 Å². The van der Waals surface area contributed by atoms with Gasteiger partial charge in [-0.25, -0.2) is 0 Å². The van der Waals surface area contributed by atoms with E-state index in [-0.39, 0.29) is 0 Å². The molecule has 1 aliphatic rings. The second-order valence-electron chi connectivity index (χ2n) is 8.26. The molecule has 0 aliphatic carbocycles. The fourth-order valence-electron chi connectivity index (χ4n) is 4.39. The summed E-state index contributed by atoms with van der Waals surface area (Å²) in [6.45, 7) is 2.19. The first kappa shape index (κ1) is 21.8. The Bertz CT molecular complexity index is 1040. The molecule has 32 heavy (non-hydrogen) atoms. The van der Waals surface area contributed by atoms with Crippen molar-refractivity contribution in [3.63, 3.8) is 0 Å². The van der Waals surface area contributed by atoms with Gasteiger partial charge in [-0.15, -0.1) is 0 Å². The van der Waals surface area contributed by atoms with E-state index in [0.717, 1.165) is 49.4 Å². The van der Waals surface area contributed by atoms with Gasteiger partial charge < -0.3 is 20.1 Å². The maximum absolute atomic E-state index is 12.2. The summed E-state index contributed by atoms with van der Waals surface area (Å²) in [5.74, 6) is 1.62. The number of primary amides is 1. The molecule has 1 amide bonds. The number of nitrogens with zero attached hydrogens (tertiary/aromatic N) is 1. The van der Waals surface area contributed by atoms with E-state index in [9.17, 15) is 4.79 Å². The summed E-state index contributed by atoms with van der Waals surface area (Å²) < 4.78 is 11.3. The molecule has 1 aliphatic heterocycles. The van der Waals surface area contributed by atoms with Gasteiger partial charge in [0, 0.05) is 24.3 Å². The number of rotatable bonds is 8. The number of ether oxygens (including phenoxy) is 2. The smallest absolute Gasteiger partial charge is 0.250 e. The largest absolute Gasteiger partial charge is 0.496 e. The van der Waals surface area contributed by atoms with Crippen LogP contribution in [0.15, 0.2) is 72.8 Å². The highest BCUT2D eigenvalue weighted by Crippen LogP contribution is 2.31. The molecule has 0 saturated carbocycles. The average Bonchev–Trinajstić information content (AvgIpc) is 2.84. The third kappa shape index (κ3) is 5.22. The second kappa shape index (κ2) is 10.2. The van der Waals surface area contributed by atoms with E-state index < -0.39 is 5.91 Å². The number of piperidine rings is 1. The maximum Gasteiger partial charge on any atom is 0.250 e. The quantitative estimate of drug-likeness (QED) is 0.556. The van der Waals surface area contributed by atoms with Crippen molar-refractivity contribution in [3.8, 4) is 11.5 Å². The van der Waals surface area contributed by atoms with Crippen molar-refractivity contribution >= 4 is 11.6 Å². The van der Waals surface area contributed by atoms with Crippen LogP contribution in [0.25, 0.3) is 0 Å². The van der Waals surface area contributed by atoms with Crippen LogP contribution in [0, 0.1) is 5.92 Å². The summed E-state index contributed by atoms with van der Waals surface area (Å²) in [6.07, 6.45) is 3.30. The molecule has 0 spiro atoms. The van der Waals surface area contributed by atoms with E-state index in [1.165, 1.54) is 5.56 Å². The third-order valence-electron chi connectivity index (χ3n) is 6.14. The molecule has 3 aromatic carbocycles. The van der Waals surface area contributed by atoms with Gasteiger partial charge in [0.2, 0.25) is 0 Å². The molecule has 1 fully saturated rings. The van der Waals surface area contributed by atoms with Crippen LogP contribution in [-0.2, 0) is 13.0 Å². The lowest BCUT2D eigenvalue weighted by molar-refractivity contribution is 0.1000. The molecule has 1 saturated heterocycles. The van der Waals surface area contributed by atoms with Gasteiger partial charge in [-0.1, -0.05) is 48.5 Å². The fraction of sp³-hybridized carbons (Fsp3) is 0.296. The number of para-hydroxylation sites is 1. The highest BCUT2D eigenvalue weighted by molar-refractivity contribution is 5.99. The van der Waals surface area contributed by atoms with E-state index in [1.807, 2.05) is 36.4 Å². The molecule has 5 heteroatoms. The average molecular weight is 431 g/mol. The Kier molecular flexibility index (Phi) is 6.95. The van der Waals surface area contributed by atoms with Gasteiger partial charge in [0.15, 0.2) is 0 Å². The highest BCUT2D eigenvalue weighted by atomic mass is 16.5. The Morgan fingerprint density at radius 2 is 1.72 bits per heavy atom. The van der Waals surface area contributed by atoms with E-state index in [1.54, 1.807) is 13.2 Å². The summed E-state index contributed by atoms with van der Waals surface area (Å²) in [7, 11) is 1.64. The Hall–Kier alpha value is -3.47. The van der Waals surface area contributed by atoms with Crippen LogP contribution in [0.2, 0.25) is 0 Å². The number of amides is 1. The van der Waals surface area contributed by atoms with Crippen LogP contribution in [0.1, 0.15) is 34.3 Å². The van der Waals surface area contributed by atoms with Gasteiger partial charge in [-0.3, -0.25) is 4.79 Å². The number of hydrogen-bond acceptors (Lipinski definition) is 4. The number of benzene rings is 3. The first-order valence-electron chi connectivity index (χ1n) is 11.1. The van der Waals surface area contributed by atoms with Crippen LogP contribution >= 0.6 is 0 Å². The maximum atomic E-state index is 12.2. The van der Waals surface area contributed by atoms with Crippen LogP contribution in [0.3, 0.4) is 0 Å². The number of carbonyl (C=O) groups excluding carboxylic acids is 1. The Morgan fingerprint density at radius 3 is 2.44 bits per heavy atom. The number of anilines is 1. The van der Waals surface area contributed by atoms with Crippen LogP contribution in [0.4, 0.5) is 5.69 Å². The van der Waals surface area contributed by atoms with Gasteiger partial charge >= 0.3 is 0 Å². The molecule has 0 unspecified atom stereocenters. The summed E-state index contributed by atoms with van der Waals surface area (Å²) >= 11 is 0. The molecule has 0 bridgehead atoms. The molecule has 3 aromatic rings. The molecular weight excluding hydrogens is 400 g/mol. The zero-order valence-electron chi connectivity index (χ0n) is 18.5. The van der Waals surface area contributed by atoms with Crippen LogP contribution < -0.4 is 20.1 Å². The van der Waals surface area contributed by atoms with Gasteiger partial charge in [0.1, 0.15) is 18.1 Å². The molecule has 0 aromatic heterocycles. The topological polar surface area (TPSA) is 64.8 Å². The second-order valence-corrected chi connectivity index (χ2v) is 8.26. The van der Waals surface area contributed by atoms with Crippen molar-refractivity contribution in [1.29, 1.82) is 0 Å². The van der Waals surface area contributed by atoms with Gasteiger partial charge in [-0.2, -0.15) is 0 Å². The predicted molar refractivity (Wildman–Crippen MR) is 127 cm³/mol. The van der Waals surface area contributed by atoms with Crippen LogP contribution in [-0.4, -0.2) is 26.1 Å². The normalized spacial score (nSPS) is 14.2. The third-order valence-corrected chi connectivity index (χ3v) is 6.14. The fourth-order valence-corrected chi connectivity index (χ4v) is 4.39. The first-order valence-corrected chi connectivity index (χ1v) is 11.1. The number of hydrogen-bond donors (Lipinski definition) is 1. The van der Waals surface area contributed by atoms with Crippen molar-refractivity contribution in [2.75, 3.05) is 25.1 Å². The summed E-state index contributed by atoms with van der Waals surface area (Å²) in [5.41, 5.74) is 9.46. The molecule has 2 N–H and O–H groups in total. The number of carbonyl (C=O) groups is 1. The summed E-state index contributed by atoms with van der Waals surface area (Å²) in [5, 5.41) is 0. The van der Waals surface area contributed by atoms with E-state index >= 15 is 0 Å². The van der Waals surface area contributed by atoms with Crippen molar-refractivity contribution in [2.45, 2.75) is 25.9 Å². The number of nitrogens with two attached hydrogens (primary N) is 1. The lowest BCUT2D eigenvalue weighted by Gasteiger charge is -2.34. The summed E-state index contributed by atoms with van der Waals surface area (Å²) in [6, 6.07) is 24.0. The molecule has 1 heterocycles. The zero-order valence-corrected chi connectivity index (χ0v) is 18.5. The van der Waals surface area contributed by atoms with Crippen LogP contribution in [0.5, 0.6) is 11.5 Å². The Morgan fingerprint density at radius 1 is 1.00 bits per heavy atom. The van der Waals surface area contributed by atoms with Crippen molar-refractivity contribution < 1.29 is 14.3 Å². The zero-order chi connectivity index (χ0) is 22.3. The molecular formula is C27H30N2O3. The standard InChI is InChI=1S/C27H30N2O3/c1-31-26-10-6-5-9-22(26)19-32-23-11-12-25(24(18-23)27(28)30)29-15-13-21(14-16-29)17-20-7-3-2-4-8-20/h2-12,18,21H,13-17,19H2,1H3,(H2,28,30). The van der Waals surface area contributed by atoms with Gasteiger partial charge in [0.25, 0.3) is 5.91 Å². The molecule has 0 atom stereocenters. The Balaban J connectivity index is 1.41. The molecule has 5 nitrogen and oxygen atoms in total. The molecule has 4 rings (SSSR count). The van der Waals surface area contributed by atoms with E-state index in [2.05, 4.69) is 35.2 Å². The minimum atomic E-state index is -0.436. The molecule has 0 radical (unpaired) electrons. The first-order chi connectivity index (χ1) is 15.6. The lowest BCUT2D eigenvalue weighted by Crippen LogP contribution is -2.35. The summed E-state index contributed by atoms with van der Waals surface area (Å²) in [4.78, 5) is 14.5. The monoisotopic (exact) mass is 430 g/mol. The van der Waals surface area contributed by atoms with Crippen molar-refractivity contribution in [3.05, 3.63) is 89.5 Å². The van der Waals surface area contributed by atoms with Crippen molar-refractivity contribution in [1.82, 2.24) is 0 Å². The minimum Gasteiger partial charge on any atom is -0.496 e. The minimum absolute atomic E-state index is 0.354. The van der Waals surface area contributed by atoms with E-state index in [0.29, 0.717) is 23.8 Å². The SMILES string of the molecule is COc1ccccc1COc1ccc(N2CCC(Cc3ccccc3)CC2)c(C(N)=O)c1. The van der Waals surface area contributed by atoms with E-state index in [4.69, 9.17) is 15.2 Å². The lowest BCUT2D eigenvalue weighted by atomic mass is 9.89.